The number of nitrogens with zero attached hydrogens (tertiary/aromatic N) is 3. The molecule has 0 atom stereocenters. The van der Waals surface area contributed by atoms with Crippen molar-refractivity contribution in [3.05, 3.63) is 53.3 Å². The first-order valence-electron chi connectivity index (χ1n) is 9.45. The van der Waals surface area contributed by atoms with Gasteiger partial charge in [-0.05, 0) is 59.2 Å². The van der Waals surface area contributed by atoms with Crippen LogP contribution in [0.5, 0.6) is 0 Å². The monoisotopic (exact) mass is 340 g/mol. The molecule has 0 amide bonds. The summed E-state index contributed by atoms with van der Waals surface area (Å²) in [5, 5.41) is 8.20. The summed E-state index contributed by atoms with van der Waals surface area (Å²) in [6.07, 6.45) is 6.60. The van der Waals surface area contributed by atoms with E-state index in [-0.39, 0.29) is 5.54 Å². The largest absolute Gasteiger partial charge is 0.310 e. The summed E-state index contributed by atoms with van der Waals surface area (Å²) >= 11 is 0. The van der Waals surface area contributed by atoms with Crippen LogP contribution in [0.3, 0.4) is 0 Å². The first-order valence-corrected chi connectivity index (χ1v) is 9.45. The summed E-state index contributed by atoms with van der Waals surface area (Å²) in [5.41, 5.74) is 4.11. The molecule has 2 heterocycles. The maximum absolute atomic E-state index is 4.49. The minimum absolute atomic E-state index is 0.0549. The minimum atomic E-state index is 0.0549. The van der Waals surface area contributed by atoms with E-state index in [0.717, 1.165) is 13.1 Å². The average molecular weight is 341 g/mol. The summed E-state index contributed by atoms with van der Waals surface area (Å²) in [6, 6.07) is 9.49. The van der Waals surface area contributed by atoms with Crippen molar-refractivity contribution in [1.29, 1.82) is 0 Å². The van der Waals surface area contributed by atoms with Crippen LogP contribution in [0.2, 0.25) is 0 Å². The van der Waals surface area contributed by atoms with Gasteiger partial charge in [-0.15, -0.1) is 0 Å². The van der Waals surface area contributed by atoms with Gasteiger partial charge in [0.2, 0.25) is 0 Å². The molecule has 4 heteroatoms. The van der Waals surface area contributed by atoms with Gasteiger partial charge in [0.15, 0.2) is 0 Å². The molecule has 0 bridgehead atoms. The SMILES string of the molecule is Cc1cccc(CN2CCC(NCc3cnn(C(C)(C)C)c3)CC2)c1. The first-order chi connectivity index (χ1) is 11.9. The van der Waals surface area contributed by atoms with Crippen LogP contribution in [0.15, 0.2) is 36.7 Å². The zero-order chi connectivity index (χ0) is 17.9. The molecule has 0 unspecified atom stereocenters. The number of piperidine rings is 1. The van der Waals surface area contributed by atoms with Gasteiger partial charge in [0.1, 0.15) is 0 Å². The topological polar surface area (TPSA) is 33.1 Å². The minimum Gasteiger partial charge on any atom is -0.310 e. The predicted molar refractivity (Wildman–Crippen MR) is 104 cm³/mol. The van der Waals surface area contributed by atoms with E-state index >= 15 is 0 Å². The molecule has 1 aromatic carbocycles. The molecule has 2 aromatic rings. The lowest BCUT2D eigenvalue weighted by Gasteiger charge is -2.32. The first kappa shape index (κ1) is 18.2. The van der Waals surface area contributed by atoms with Gasteiger partial charge in [-0.25, -0.2) is 0 Å². The summed E-state index contributed by atoms with van der Waals surface area (Å²) in [5.74, 6) is 0. The highest BCUT2D eigenvalue weighted by Crippen LogP contribution is 2.16. The Morgan fingerprint density at radius 1 is 1.16 bits per heavy atom. The van der Waals surface area contributed by atoms with Crippen molar-refractivity contribution >= 4 is 0 Å². The van der Waals surface area contributed by atoms with Crippen LogP contribution in [0.4, 0.5) is 0 Å². The molecule has 1 aromatic heterocycles. The van der Waals surface area contributed by atoms with Crippen LogP contribution in [-0.4, -0.2) is 33.8 Å². The summed E-state index contributed by atoms with van der Waals surface area (Å²) in [7, 11) is 0. The fourth-order valence-corrected chi connectivity index (χ4v) is 3.44. The standard InChI is InChI=1S/C21H32N4/c1-17-6-5-7-18(12-17)15-24-10-8-20(9-11-24)22-13-19-14-23-25(16-19)21(2,3)4/h5-7,12,14,16,20,22H,8-11,13,15H2,1-4H3. The molecule has 0 spiro atoms. The van der Waals surface area contributed by atoms with E-state index in [4.69, 9.17) is 0 Å². The van der Waals surface area contributed by atoms with Crippen molar-refractivity contribution in [2.24, 2.45) is 0 Å². The van der Waals surface area contributed by atoms with Crippen molar-refractivity contribution in [1.82, 2.24) is 20.0 Å². The Bertz CT molecular complexity index is 675. The second-order valence-corrected chi connectivity index (χ2v) is 8.38. The van der Waals surface area contributed by atoms with Gasteiger partial charge in [-0.3, -0.25) is 9.58 Å². The molecule has 1 N–H and O–H groups in total. The molecule has 136 valence electrons. The molecule has 25 heavy (non-hydrogen) atoms. The molecule has 1 saturated heterocycles. The van der Waals surface area contributed by atoms with Gasteiger partial charge in [0.05, 0.1) is 11.7 Å². The van der Waals surface area contributed by atoms with Crippen LogP contribution in [0, 0.1) is 6.92 Å². The van der Waals surface area contributed by atoms with E-state index < -0.39 is 0 Å². The third kappa shape index (κ3) is 5.16. The molecule has 0 saturated carbocycles. The van der Waals surface area contributed by atoms with Crippen LogP contribution >= 0.6 is 0 Å². The van der Waals surface area contributed by atoms with E-state index in [2.05, 4.69) is 78.2 Å². The van der Waals surface area contributed by atoms with Gasteiger partial charge in [0.25, 0.3) is 0 Å². The van der Waals surface area contributed by atoms with E-state index in [1.54, 1.807) is 0 Å². The second-order valence-electron chi connectivity index (χ2n) is 8.38. The molecule has 3 rings (SSSR count). The van der Waals surface area contributed by atoms with Crippen LogP contribution in [-0.2, 0) is 18.6 Å². The van der Waals surface area contributed by atoms with Gasteiger partial charge >= 0.3 is 0 Å². The molecule has 1 fully saturated rings. The third-order valence-electron chi connectivity index (χ3n) is 4.99. The fraction of sp³-hybridized carbons (Fsp3) is 0.571. The third-order valence-corrected chi connectivity index (χ3v) is 4.99. The van der Waals surface area contributed by atoms with Crippen molar-refractivity contribution in [2.45, 2.75) is 65.2 Å². The Hall–Kier alpha value is -1.65. The maximum atomic E-state index is 4.49. The van der Waals surface area contributed by atoms with Crippen molar-refractivity contribution in [3.63, 3.8) is 0 Å². The Morgan fingerprint density at radius 2 is 1.92 bits per heavy atom. The lowest BCUT2D eigenvalue weighted by Crippen LogP contribution is -2.41. The zero-order valence-electron chi connectivity index (χ0n) is 16.1. The smallest absolute Gasteiger partial charge is 0.0543 e. The summed E-state index contributed by atoms with van der Waals surface area (Å²) in [6.45, 7) is 13.1. The molecule has 0 radical (unpaired) electrons. The van der Waals surface area contributed by atoms with E-state index in [1.165, 1.54) is 42.6 Å². The van der Waals surface area contributed by atoms with Crippen molar-refractivity contribution < 1.29 is 0 Å². The molecular formula is C21H32N4. The highest BCUT2D eigenvalue weighted by Gasteiger charge is 2.19. The quantitative estimate of drug-likeness (QED) is 0.901. The van der Waals surface area contributed by atoms with Gasteiger partial charge in [-0.1, -0.05) is 29.8 Å². The summed E-state index contributed by atoms with van der Waals surface area (Å²) < 4.78 is 2.05. The Morgan fingerprint density at radius 3 is 2.56 bits per heavy atom. The molecular weight excluding hydrogens is 308 g/mol. The van der Waals surface area contributed by atoms with Gasteiger partial charge in [0, 0.05) is 30.9 Å². The summed E-state index contributed by atoms with van der Waals surface area (Å²) in [4.78, 5) is 2.57. The Labute approximate surface area is 152 Å². The number of hydrogen-bond donors (Lipinski definition) is 1. The van der Waals surface area contributed by atoms with E-state index in [0.29, 0.717) is 6.04 Å². The van der Waals surface area contributed by atoms with Crippen LogP contribution in [0.1, 0.15) is 50.3 Å². The number of rotatable bonds is 5. The zero-order valence-corrected chi connectivity index (χ0v) is 16.1. The highest BCUT2D eigenvalue weighted by atomic mass is 15.3. The number of hydrogen-bond acceptors (Lipinski definition) is 3. The maximum Gasteiger partial charge on any atom is 0.0543 e. The van der Waals surface area contributed by atoms with Crippen molar-refractivity contribution in [3.8, 4) is 0 Å². The highest BCUT2D eigenvalue weighted by molar-refractivity contribution is 5.22. The number of benzene rings is 1. The lowest BCUT2D eigenvalue weighted by molar-refractivity contribution is 0.190. The normalized spacial score (nSPS) is 17.1. The number of likely N-dealkylation sites (tertiary alicyclic amines) is 1. The van der Waals surface area contributed by atoms with Gasteiger partial charge < -0.3 is 5.32 Å². The van der Waals surface area contributed by atoms with Crippen LogP contribution in [0.25, 0.3) is 0 Å². The van der Waals surface area contributed by atoms with Crippen LogP contribution < -0.4 is 5.32 Å². The molecule has 1 aliphatic rings. The number of aryl methyl sites for hydroxylation is 1. The Kier molecular flexibility index (Phi) is 5.60. The molecule has 0 aliphatic carbocycles. The fourth-order valence-electron chi connectivity index (χ4n) is 3.44. The van der Waals surface area contributed by atoms with Crippen molar-refractivity contribution in [2.75, 3.05) is 13.1 Å². The van der Waals surface area contributed by atoms with E-state index in [1.807, 2.05) is 6.20 Å². The lowest BCUT2D eigenvalue weighted by atomic mass is 10.0. The molecule has 1 aliphatic heterocycles. The Balaban J connectivity index is 1.43. The average Bonchev–Trinajstić information content (AvgIpc) is 3.04. The number of nitrogens with one attached hydrogen (secondary N) is 1. The van der Waals surface area contributed by atoms with Gasteiger partial charge in [-0.2, -0.15) is 5.10 Å². The number of aromatic nitrogens is 2. The van der Waals surface area contributed by atoms with E-state index in [9.17, 15) is 0 Å². The molecule has 4 nitrogen and oxygen atoms in total. The predicted octanol–water partition coefficient (Wildman–Crippen LogP) is 3.70. The second kappa shape index (κ2) is 7.71.